The third-order valence-electron chi connectivity index (χ3n) is 4.82. The molecular weight excluding hydrogens is 344 g/mol. The SMILES string of the molecule is Cc1cncc(OCC[C@@H]2CCOC3(C2)CN(S(=O)(=O)N(C)C)C3)n1. The van der Waals surface area contributed by atoms with E-state index >= 15 is 0 Å². The van der Waals surface area contributed by atoms with E-state index in [0.29, 0.717) is 38.1 Å². The molecule has 9 heteroatoms. The quantitative estimate of drug-likeness (QED) is 0.738. The summed E-state index contributed by atoms with van der Waals surface area (Å²) in [6.45, 7) is 4.01. The first-order chi connectivity index (χ1) is 11.8. The lowest BCUT2D eigenvalue weighted by atomic mass is 9.80. The predicted molar refractivity (Wildman–Crippen MR) is 92.5 cm³/mol. The maximum absolute atomic E-state index is 12.1. The topological polar surface area (TPSA) is 84.9 Å². The van der Waals surface area contributed by atoms with Crippen LogP contribution in [-0.2, 0) is 14.9 Å². The highest BCUT2D eigenvalue weighted by atomic mass is 32.2. The molecule has 1 aromatic rings. The third kappa shape index (κ3) is 4.11. The van der Waals surface area contributed by atoms with Crippen LogP contribution in [0.25, 0.3) is 0 Å². The summed E-state index contributed by atoms with van der Waals surface area (Å²) in [5.74, 6) is 1.02. The molecule has 1 aromatic heterocycles. The Morgan fingerprint density at radius 1 is 1.40 bits per heavy atom. The second-order valence-electron chi connectivity index (χ2n) is 7.08. The predicted octanol–water partition coefficient (Wildman–Crippen LogP) is 0.841. The van der Waals surface area contributed by atoms with E-state index in [1.165, 1.54) is 8.61 Å². The Morgan fingerprint density at radius 2 is 2.16 bits per heavy atom. The molecule has 3 heterocycles. The lowest BCUT2D eigenvalue weighted by Crippen LogP contribution is -2.67. The van der Waals surface area contributed by atoms with Gasteiger partial charge >= 0.3 is 0 Å². The summed E-state index contributed by atoms with van der Waals surface area (Å²) in [6, 6.07) is 0. The summed E-state index contributed by atoms with van der Waals surface area (Å²) in [6.07, 6.45) is 6.06. The fourth-order valence-corrected chi connectivity index (χ4v) is 4.69. The molecule has 8 nitrogen and oxygen atoms in total. The molecular formula is C16H26N4O4S. The zero-order chi connectivity index (χ0) is 18.1. The van der Waals surface area contributed by atoms with E-state index in [1.54, 1.807) is 26.5 Å². The van der Waals surface area contributed by atoms with Crippen molar-refractivity contribution in [1.29, 1.82) is 0 Å². The number of aryl methyl sites for hydroxylation is 1. The van der Waals surface area contributed by atoms with Gasteiger partial charge in [-0.15, -0.1) is 0 Å². The first-order valence-corrected chi connectivity index (χ1v) is 9.93. The van der Waals surface area contributed by atoms with E-state index in [4.69, 9.17) is 9.47 Å². The van der Waals surface area contributed by atoms with Crippen molar-refractivity contribution >= 4 is 10.2 Å². The molecule has 3 rings (SSSR count). The van der Waals surface area contributed by atoms with Gasteiger partial charge in [-0.2, -0.15) is 17.0 Å². The van der Waals surface area contributed by atoms with Crippen LogP contribution in [0.1, 0.15) is 25.0 Å². The largest absolute Gasteiger partial charge is 0.477 e. The molecule has 2 fully saturated rings. The van der Waals surface area contributed by atoms with Crippen molar-refractivity contribution in [3.05, 3.63) is 18.1 Å². The van der Waals surface area contributed by atoms with Crippen molar-refractivity contribution in [1.82, 2.24) is 18.6 Å². The molecule has 2 aliphatic heterocycles. The second-order valence-corrected chi connectivity index (χ2v) is 9.23. The number of hydrogen-bond donors (Lipinski definition) is 0. The Bertz CT molecular complexity index is 704. The van der Waals surface area contributed by atoms with Crippen molar-refractivity contribution in [3.8, 4) is 5.88 Å². The van der Waals surface area contributed by atoms with Crippen molar-refractivity contribution < 1.29 is 17.9 Å². The molecule has 0 saturated carbocycles. The molecule has 0 N–H and O–H groups in total. The zero-order valence-electron chi connectivity index (χ0n) is 15.0. The van der Waals surface area contributed by atoms with Crippen LogP contribution in [0.2, 0.25) is 0 Å². The van der Waals surface area contributed by atoms with Gasteiger partial charge in [0.2, 0.25) is 5.88 Å². The standard InChI is InChI=1S/C16H26N4O4S/c1-13-9-17-10-15(18-13)23-6-4-14-5-7-24-16(8-14)11-20(12-16)25(21,22)19(2)3/h9-10,14H,4-8,11-12H2,1-3H3/t14-/m1/s1. The Labute approximate surface area is 149 Å². The summed E-state index contributed by atoms with van der Waals surface area (Å²) in [7, 11) is -0.239. The average molecular weight is 370 g/mol. The Hall–Kier alpha value is -1.29. The number of ether oxygens (including phenoxy) is 2. The second kappa shape index (κ2) is 7.14. The van der Waals surface area contributed by atoms with Gasteiger partial charge < -0.3 is 9.47 Å². The van der Waals surface area contributed by atoms with E-state index in [2.05, 4.69) is 9.97 Å². The van der Waals surface area contributed by atoms with Crippen LogP contribution in [0.5, 0.6) is 5.88 Å². The molecule has 0 unspecified atom stereocenters. The fraction of sp³-hybridized carbons (Fsp3) is 0.750. The Morgan fingerprint density at radius 3 is 2.84 bits per heavy atom. The van der Waals surface area contributed by atoms with Crippen LogP contribution in [0, 0.1) is 12.8 Å². The molecule has 0 bridgehead atoms. The molecule has 1 atom stereocenters. The van der Waals surface area contributed by atoms with Gasteiger partial charge in [0, 0.05) is 40.0 Å². The van der Waals surface area contributed by atoms with E-state index < -0.39 is 10.2 Å². The smallest absolute Gasteiger partial charge is 0.281 e. The molecule has 25 heavy (non-hydrogen) atoms. The first-order valence-electron chi connectivity index (χ1n) is 8.54. The number of nitrogens with zero attached hydrogens (tertiary/aromatic N) is 4. The van der Waals surface area contributed by atoms with E-state index in [9.17, 15) is 8.42 Å². The fourth-order valence-electron chi connectivity index (χ4n) is 3.43. The van der Waals surface area contributed by atoms with Crippen LogP contribution in [-0.4, -0.2) is 73.0 Å². The van der Waals surface area contributed by atoms with E-state index in [-0.39, 0.29) is 5.60 Å². The monoisotopic (exact) mass is 370 g/mol. The highest BCUT2D eigenvalue weighted by Crippen LogP contribution is 2.39. The highest BCUT2D eigenvalue weighted by molar-refractivity contribution is 7.86. The van der Waals surface area contributed by atoms with Gasteiger partial charge in [0.1, 0.15) is 0 Å². The van der Waals surface area contributed by atoms with Gasteiger partial charge in [-0.1, -0.05) is 0 Å². The zero-order valence-corrected chi connectivity index (χ0v) is 15.8. The lowest BCUT2D eigenvalue weighted by Gasteiger charge is -2.52. The van der Waals surface area contributed by atoms with Gasteiger partial charge in [-0.25, -0.2) is 4.98 Å². The number of rotatable bonds is 6. The average Bonchev–Trinajstić information content (AvgIpc) is 2.52. The number of hydrogen-bond acceptors (Lipinski definition) is 6. The normalized spacial score (nSPS) is 23.6. The van der Waals surface area contributed by atoms with Crippen LogP contribution in [0.3, 0.4) is 0 Å². The summed E-state index contributed by atoms with van der Waals surface area (Å²) in [4.78, 5) is 8.34. The maximum atomic E-state index is 12.1. The summed E-state index contributed by atoms with van der Waals surface area (Å²) in [5, 5.41) is 0. The lowest BCUT2D eigenvalue weighted by molar-refractivity contribution is -0.157. The molecule has 2 aliphatic rings. The third-order valence-corrected chi connectivity index (χ3v) is 6.65. The van der Waals surface area contributed by atoms with E-state index in [1.807, 2.05) is 6.92 Å². The minimum Gasteiger partial charge on any atom is -0.477 e. The van der Waals surface area contributed by atoms with E-state index in [0.717, 1.165) is 25.0 Å². The maximum Gasteiger partial charge on any atom is 0.281 e. The summed E-state index contributed by atoms with van der Waals surface area (Å²) < 4.78 is 38.6. The van der Waals surface area contributed by atoms with Crippen molar-refractivity contribution in [3.63, 3.8) is 0 Å². The Balaban J connectivity index is 1.48. The molecule has 0 aliphatic carbocycles. The highest BCUT2D eigenvalue weighted by Gasteiger charge is 2.51. The van der Waals surface area contributed by atoms with Crippen molar-refractivity contribution in [2.45, 2.75) is 31.8 Å². The Kier molecular flexibility index (Phi) is 5.29. The summed E-state index contributed by atoms with van der Waals surface area (Å²) >= 11 is 0. The molecule has 0 radical (unpaired) electrons. The van der Waals surface area contributed by atoms with Crippen molar-refractivity contribution in [2.24, 2.45) is 5.92 Å². The number of aromatic nitrogens is 2. The molecule has 0 amide bonds. The van der Waals surface area contributed by atoms with Gasteiger partial charge in [0.15, 0.2) is 0 Å². The van der Waals surface area contributed by atoms with Gasteiger partial charge in [0.25, 0.3) is 10.2 Å². The molecule has 2 saturated heterocycles. The van der Waals surface area contributed by atoms with Crippen LogP contribution >= 0.6 is 0 Å². The molecule has 140 valence electrons. The molecule has 0 aromatic carbocycles. The van der Waals surface area contributed by atoms with Gasteiger partial charge in [-0.05, 0) is 32.1 Å². The van der Waals surface area contributed by atoms with Crippen LogP contribution < -0.4 is 4.74 Å². The summed E-state index contributed by atoms with van der Waals surface area (Å²) in [5.41, 5.74) is 0.508. The van der Waals surface area contributed by atoms with Gasteiger partial charge in [0.05, 0.1) is 24.1 Å². The van der Waals surface area contributed by atoms with Crippen LogP contribution in [0.15, 0.2) is 12.4 Å². The minimum atomic E-state index is -3.34. The van der Waals surface area contributed by atoms with Gasteiger partial charge in [-0.3, -0.25) is 4.98 Å². The van der Waals surface area contributed by atoms with Crippen LogP contribution in [0.4, 0.5) is 0 Å². The molecule has 1 spiro atoms. The minimum absolute atomic E-state index is 0.324. The van der Waals surface area contributed by atoms with Crippen molar-refractivity contribution in [2.75, 3.05) is 40.4 Å². The first kappa shape index (κ1) is 18.5.